The zero-order valence-corrected chi connectivity index (χ0v) is 13.1. The molecule has 0 unspecified atom stereocenters. The highest BCUT2D eigenvalue weighted by Gasteiger charge is 2.11. The van der Waals surface area contributed by atoms with Gasteiger partial charge in [0.25, 0.3) is 0 Å². The van der Waals surface area contributed by atoms with Crippen LogP contribution < -0.4 is 10.5 Å². The lowest BCUT2D eigenvalue weighted by molar-refractivity contribution is -0.138. The van der Waals surface area contributed by atoms with Crippen molar-refractivity contribution in [1.82, 2.24) is 0 Å². The number of rotatable bonds is 6. The lowest BCUT2D eigenvalue weighted by Crippen LogP contribution is -2.32. The average Bonchev–Trinajstić information content (AvgIpc) is 2.45. The Morgan fingerprint density at radius 1 is 1.09 bits per heavy atom. The number of nitrogens with two attached hydrogens (primary N) is 1. The zero-order valence-electron chi connectivity index (χ0n) is 11.6. The van der Waals surface area contributed by atoms with Crippen LogP contribution in [0.2, 0.25) is 10.0 Å². The number of aliphatic carboxylic acids is 1. The first kappa shape index (κ1) is 16.6. The summed E-state index contributed by atoms with van der Waals surface area (Å²) in [7, 11) is 0. The Morgan fingerprint density at radius 2 is 1.68 bits per heavy atom. The van der Waals surface area contributed by atoms with Crippen LogP contribution in [-0.2, 0) is 17.8 Å². The molecule has 0 aromatic heterocycles. The van der Waals surface area contributed by atoms with Crippen LogP contribution in [0, 0.1) is 0 Å². The van der Waals surface area contributed by atoms with Gasteiger partial charge >= 0.3 is 5.97 Å². The predicted molar refractivity (Wildman–Crippen MR) is 86.6 cm³/mol. The van der Waals surface area contributed by atoms with Crippen molar-refractivity contribution in [2.75, 3.05) is 0 Å². The van der Waals surface area contributed by atoms with Gasteiger partial charge in [0.15, 0.2) is 0 Å². The van der Waals surface area contributed by atoms with Gasteiger partial charge in [0.2, 0.25) is 0 Å². The largest absolute Gasteiger partial charge is 0.489 e. The Balaban J connectivity index is 1.95. The Kier molecular flexibility index (Phi) is 5.66. The third-order valence-corrected chi connectivity index (χ3v) is 3.46. The number of carbonyl (C=O) groups is 1. The van der Waals surface area contributed by atoms with E-state index in [-0.39, 0.29) is 6.42 Å². The summed E-state index contributed by atoms with van der Waals surface area (Å²) in [5, 5.41) is 9.90. The van der Waals surface area contributed by atoms with Crippen molar-refractivity contribution in [3.05, 3.63) is 63.6 Å². The third-order valence-electron chi connectivity index (χ3n) is 3.02. The molecular weight excluding hydrogens is 325 g/mol. The molecule has 0 aliphatic rings. The molecule has 2 aromatic rings. The van der Waals surface area contributed by atoms with Crippen LogP contribution >= 0.6 is 23.2 Å². The summed E-state index contributed by atoms with van der Waals surface area (Å²) in [6, 6.07) is 11.5. The maximum atomic E-state index is 10.7. The summed E-state index contributed by atoms with van der Waals surface area (Å²) >= 11 is 11.9. The summed E-state index contributed by atoms with van der Waals surface area (Å²) in [5.41, 5.74) is 7.20. The number of carboxylic acid groups (broad SMARTS) is 1. The van der Waals surface area contributed by atoms with Crippen LogP contribution in [0.4, 0.5) is 0 Å². The van der Waals surface area contributed by atoms with Gasteiger partial charge < -0.3 is 15.6 Å². The molecule has 4 nitrogen and oxygen atoms in total. The van der Waals surface area contributed by atoms with Gasteiger partial charge in [0, 0.05) is 10.0 Å². The van der Waals surface area contributed by atoms with Crippen molar-refractivity contribution in [2.24, 2.45) is 5.73 Å². The summed E-state index contributed by atoms with van der Waals surface area (Å²) < 4.78 is 5.64. The fourth-order valence-electron chi connectivity index (χ4n) is 1.92. The van der Waals surface area contributed by atoms with Crippen LogP contribution in [0.15, 0.2) is 42.5 Å². The van der Waals surface area contributed by atoms with Crippen LogP contribution in [0.25, 0.3) is 0 Å². The molecule has 0 radical (unpaired) electrons. The molecule has 0 fully saturated rings. The Hall–Kier alpha value is -1.75. The van der Waals surface area contributed by atoms with Crippen LogP contribution in [-0.4, -0.2) is 17.1 Å². The van der Waals surface area contributed by atoms with Gasteiger partial charge in [0.05, 0.1) is 0 Å². The van der Waals surface area contributed by atoms with Gasteiger partial charge in [-0.15, -0.1) is 0 Å². The van der Waals surface area contributed by atoms with Crippen molar-refractivity contribution < 1.29 is 14.6 Å². The normalized spacial score (nSPS) is 12.0. The zero-order chi connectivity index (χ0) is 16.1. The summed E-state index contributed by atoms with van der Waals surface area (Å²) in [6.07, 6.45) is 0.277. The molecule has 0 bridgehead atoms. The van der Waals surface area contributed by atoms with E-state index in [4.69, 9.17) is 38.8 Å². The molecule has 0 aliphatic carbocycles. The van der Waals surface area contributed by atoms with Crippen LogP contribution in [0.3, 0.4) is 0 Å². The quantitative estimate of drug-likeness (QED) is 0.844. The van der Waals surface area contributed by atoms with E-state index in [9.17, 15) is 4.79 Å². The van der Waals surface area contributed by atoms with Crippen LogP contribution in [0.1, 0.15) is 11.1 Å². The number of carboxylic acids is 1. The molecule has 22 heavy (non-hydrogen) atoms. The van der Waals surface area contributed by atoms with E-state index in [2.05, 4.69) is 0 Å². The molecule has 0 aliphatic heterocycles. The summed E-state index contributed by atoms with van der Waals surface area (Å²) in [4.78, 5) is 10.7. The molecule has 0 saturated heterocycles. The average molecular weight is 340 g/mol. The Bertz CT molecular complexity index is 639. The van der Waals surface area contributed by atoms with Crippen LogP contribution in [0.5, 0.6) is 5.75 Å². The van der Waals surface area contributed by atoms with Gasteiger partial charge in [-0.25, -0.2) is 0 Å². The summed E-state index contributed by atoms with van der Waals surface area (Å²) in [5.74, 6) is -0.345. The SMILES string of the molecule is N[C@@H](Cc1ccc(OCc2cc(Cl)cc(Cl)c2)cc1)C(=O)O. The molecule has 116 valence electrons. The smallest absolute Gasteiger partial charge is 0.320 e. The van der Waals surface area contributed by atoms with Crippen molar-refractivity contribution >= 4 is 29.2 Å². The maximum Gasteiger partial charge on any atom is 0.320 e. The van der Waals surface area contributed by atoms with Crippen molar-refractivity contribution in [3.8, 4) is 5.75 Å². The van der Waals surface area contributed by atoms with E-state index < -0.39 is 12.0 Å². The second-order valence-electron chi connectivity index (χ2n) is 4.86. The second-order valence-corrected chi connectivity index (χ2v) is 5.73. The number of benzene rings is 2. The van der Waals surface area contributed by atoms with E-state index in [0.717, 1.165) is 11.1 Å². The first-order valence-electron chi connectivity index (χ1n) is 6.59. The lowest BCUT2D eigenvalue weighted by Gasteiger charge is -2.09. The molecule has 6 heteroatoms. The molecule has 0 saturated carbocycles. The van der Waals surface area contributed by atoms with E-state index in [1.807, 2.05) is 0 Å². The van der Waals surface area contributed by atoms with Gasteiger partial charge in [-0.1, -0.05) is 35.3 Å². The molecule has 1 atom stereocenters. The first-order valence-corrected chi connectivity index (χ1v) is 7.35. The maximum absolute atomic E-state index is 10.7. The third kappa shape index (κ3) is 4.91. The Morgan fingerprint density at radius 3 is 2.23 bits per heavy atom. The fraction of sp³-hybridized carbons (Fsp3) is 0.188. The van der Waals surface area contributed by atoms with Gasteiger partial charge in [-0.3, -0.25) is 4.79 Å². The monoisotopic (exact) mass is 339 g/mol. The minimum Gasteiger partial charge on any atom is -0.489 e. The highest BCUT2D eigenvalue weighted by atomic mass is 35.5. The summed E-state index contributed by atoms with van der Waals surface area (Å²) in [6.45, 7) is 0.342. The highest BCUT2D eigenvalue weighted by Crippen LogP contribution is 2.21. The number of hydrogen-bond acceptors (Lipinski definition) is 3. The fourth-order valence-corrected chi connectivity index (χ4v) is 2.50. The van der Waals surface area contributed by atoms with E-state index in [0.29, 0.717) is 22.4 Å². The predicted octanol–water partition coefficient (Wildman–Crippen LogP) is 3.53. The molecule has 0 heterocycles. The molecule has 2 rings (SSSR count). The standard InChI is InChI=1S/C16H15Cl2NO3/c17-12-5-11(6-13(18)8-12)9-22-14-3-1-10(2-4-14)7-15(19)16(20)21/h1-6,8,15H,7,9,19H2,(H,20,21)/t15-/m0/s1. The highest BCUT2D eigenvalue weighted by molar-refractivity contribution is 6.34. The first-order chi connectivity index (χ1) is 10.4. The lowest BCUT2D eigenvalue weighted by atomic mass is 10.1. The molecule has 2 aromatic carbocycles. The number of halogens is 2. The number of hydrogen-bond donors (Lipinski definition) is 2. The van der Waals surface area contributed by atoms with E-state index in [1.54, 1.807) is 42.5 Å². The van der Waals surface area contributed by atoms with E-state index >= 15 is 0 Å². The minimum atomic E-state index is -1.02. The van der Waals surface area contributed by atoms with Gasteiger partial charge in [-0.2, -0.15) is 0 Å². The number of ether oxygens (including phenoxy) is 1. The molecule has 3 N–H and O–H groups in total. The molecule has 0 spiro atoms. The second kappa shape index (κ2) is 7.49. The Labute approximate surface area is 138 Å². The van der Waals surface area contributed by atoms with Gasteiger partial charge in [0.1, 0.15) is 18.4 Å². The molecular formula is C16H15Cl2NO3. The van der Waals surface area contributed by atoms with Crippen molar-refractivity contribution in [3.63, 3.8) is 0 Å². The van der Waals surface area contributed by atoms with Crippen molar-refractivity contribution in [1.29, 1.82) is 0 Å². The molecule has 0 amide bonds. The van der Waals surface area contributed by atoms with Gasteiger partial charge in [-0.05, 0) is 47.9 Å². The van der Waals surface area contributed by atoms with Crippen molar-refractivity contribution in [2.45, 2.75) is 19.1 Å². The van der Waals surface area contributed by atoms with E-state index in [1.165, 1.54) is 0 Å². The minimum absolute atomic E-state index is 0.277. The topological polar surface area (TPSA) is 72.5 Å².